The van der Waals surface area contributed by atoms with Crippen LogP contribution >= 0.6 is 0 Å². The zero-order valence-electron chi connectivity index (χ0n) is 10.0. The Morgan fingerprint density at radius 1 is 1.16 bits per heavy atom. The van der Waals surface area contributed by atoms with Gasteiger partial charge in [-0.05, 0) is 29.3 Å². The molecule has 1 atom stereocenters. The molecule has 0 heterocycles. The topological polar surface area (TPSA) is 37.3 Å². The van der Waals surface area contributed by atoms with Crippen molar-refractivity contribution in [2.75, 3.05) is 0 Å². The van der Waals surface area contributed by atoms with Crippen molar-refractivity contribution in [2.45, 2.75) is 19.0 Å². The number of hydrogen-bond acceptors (Lipinski definition) is 1. The number of carboxylic acid groups (broad SMARTS) is 1. The molecule has 0 aliphatic heterocycles. The molecular weight excluding hydrogens is 257 g/mol. The second kappa shape index (κ2) is 4.57. The SMILES string of the molecule is CC(C(=O)O)c1c(C(F)(F)F)ccc2ccccc12. The number of rotatable bonds is 2. The third kappa shape index (κ3) is 2.41. The first-order valence-electron chi connectivity index (χ1n) is 5.64. The minimum Gasteiger partial charge on any atom is -0.481 e. The molecule has 2 nitrogen and oxygen atoms in total. The van der Waals surface area contributed by atoms with E-state index in [9.17, 15) is 18.0 Å². The zero-order chi connectivity index (χ0) is 14.2. The monoisotopic (exact) mass is 268 g/mol. The van der Waals surface area contributed by atoms with E-state index in [2.05, 4.69) is 0 Å². The van der Waals surface area contributed by atoms with E-state index in [1.807, 2.05) is 0 Å². The lowest BCUT2D eigenvalue weighted by Gasteiger charge is -2.18. The van der Waals surface area contributed by atoms with Crippen LogP contribution < -0.4 is 0 Å². The summed E-state index contributed by atoms with van der Waals surface area (Å²) in [6.45, 7) is 1.26. The van der Waals surface area contributed by atoms with Crippen molar-refractivity contribution in [3.63, 3.8) is 0 Å². The summed E-state index contributed by atoms with van der Waals surface area (Å²) in [4.78, 5) is 11.1. The average Bonchev–Trinajstić information content (AvgIpc) is 2.35. The molecule has 0 aromatic heterocycles. The van der Waals surface area contributed by atoms with Gasteiger partial charge in [0.25, 0.3) is 0 Å². The van der Waals surface area contributed by atoms with E-state index in [0.29, 0.717) is 10.8 Å². The van der Waals surface area contributed by atoms with Crippen LogP contribution in [0.1, 0.15) is 24.0 Å². The van der Waals surface area contributed by atoms with Gasteiger partial charge in [0.2, 0.25) is 0 Å². The van der Waals surface area contributed by atoms with E-state index >= 15 is 0 Å². The van der Waals surface area contributed by atoms with Crippen LogP contribution in [0.3, 0.4) is 0 Å². The molecule has 1 unspecified atom stereocenters. The van der Waals surface area contributed by atoms with Gasteiger partial charge in [0.05, 0.1) is 11.5 Å². The van der Waals surface area contributed by atoms with Crippen LogP contribution in [-0.2, 0) is 11.0 Å². The van der Waals surface area contributed by atoms with Crippen LogP contribution in [0.15, 0.2) is 36.4 Å². The summed E-state index contributed by atoms with van der Waals surface area (Å²) in [5.41, 5.74) is -1.07. The molecular formula is C14H11F3O2. The Morgan fingerprint density at radius 2 is 1.79 bits per heavy atom. The third-order valence-corrected chi connectivity index (χ3v) is 3.08. The number of fused-ring (bicyclic) bond motifs is 1. The van der Waals surface area contributed by atoms with Gasteiger partial charge in [-0.25, -0.2) is 0 Å². The van der Waals surface area contributed by atoms with E-state index in [1.54, 1.807) is 18.2 Å². The number of carbonyl (C=O) groups is 1. The van der Waals surface area contributed by atoms with Gasteiger partial charge in [0.1, 0.15) is 0 Å². The third-order valence-electron chi connectivity index (χ3n) is 3.08. The highest BCUT2D eigenvalue weighted by Crippen LogP contribution is 2.39. The van der Waals surface area contributed by atoms with Crippen molar-refractivity contribution in [1.82, 2.24) is 0 Å². The van der Waals surface area contributed by atoms with E-state index in [4.69, 9.17) is 5.11 Å². The maximum atomic E-state index is 13.0. The maximum absolute atomic E-state index is 13.0. The van der Waals surface area contributed by atoms with Gasteiger partial charge in [-0.3, -0.25) is 4.79 Å². The Morgan fingerprint density at radius 3 is 2.37 bits per heavy atom. The normalized spacial score (nSPS) is 13.5. The van der Waals surface area contributed by atoms with Gasteiger partial charge in [-0.1, -0.05) is 30.3 Å². The molecule has 100 valence electrons. The van der Waals surface area contributed by atoms with Crippen molar-refractivity contribution < 1.29 is 23.1 Å². The summed E-state index contributed by atoms with van der Waals surface area (Å²) in [6, 6.07) is 8.77. The molecule has 0 saturated heterocycles. The first-order chi connectivity index (χ1) is 8.82. The van der Waals surface area contributed by atoms with Gasteiger partial charge < -0.3 is 5.11 Å². The number of alkyl halides is 3. The number of carboxylic acids is 1. The van der Waals surface area contributed by atoms with Crippen LogP contribution in [0, 0.1) is 0 Å². The van der Waals surface area contributed by atoms with Crippen LogP contribution in [0.5, 0.6) is 0 Å². The quantitative estimate of drug-likeness (QED) is 0.892. The van der Waals surface area contributed by atoms with E-state index in [0.717, 1.165) is 6.07 Å². The molecule has 0 aliphatic carbocycles. The molecule has 0 spiro atoms. The Labute approximate surface area is 107 Å². The highest BCUT2D eigenvalue weighted by Gasteiger charge is 2.36. The summed E-state index contributed by atoms with van der Waals surface area (Å²) in [6.07, 6.45) is -4.57. The van der Waals surface area contributed by atoms with Crippen molar-refractivity contribution in [1.29, 1.82) is 0 Å². The Kier molecular flexibility index (Phi) is 3.22. The van der Waals surface area contributed by atoms with Crippen LogP contribution in [-0.4, -0.2) is 11.1 Å². The predicted molar refractivity (Wildman–Crippen MR) is 65.0 cm³/mol. The number of aliphatic carboxylic acids is 1. The standard InChI is InChI=1S/C14H11F3O2/c1-8(13(18)19)12-10-5-3-2-4-9(10)6-7-11(12)14(15,16)17/h2-8H,1H3,(H,18,19). The molecule has 0 saturated carbocycles. The molecule has 5 heteroatoms. The van der Waals surface area contributed by atoms with E-state index in [-0.39, 0.29) is 5.56 Å². The second-order valence-corrected chi connectivity index (χ2v) is 4.31. The van der Waals surface area contributed by atoms with Gasteiger partial charge in [0.15, 0.2) is 0 Å². The average molecular weight is 268 g/mol. The molecule has 0 bridgehead atoms. The minimum absolute atomic E-state index is 0.182. The lowest BCUT2D eigenvalue weighted by Crippen LogP contribution is -2.16. The fourth-order valence-corrected chi connectivity index (χ4v) is 2.13. The van der Waals surface area contributed by atoms with Gasteiger partial charge in [-0.15, -0.1) is 0 Å². The summed E-state index contributed by atoms with van der Waals surface area (Å²) in [5.74, 6) is -2.50. The lowest BCUT2D eigenvalue weighted by atomic mass is 9.90. The zero-order valence-corrected chi connectivity index (χ0v) is 10.0. The van der Waals surface area contributed by atoms with Crippen LogP contribution in [0.25, 0.3) is 10.8 Å². The summed E-state index contributed by atoms with van der Waals surface area (Å²) < 4.78 is 39.0. The smallest absolute Gasteiger partial charge is 0.416 e. The van der Waals surface area contributed by atoms with Crippen molar-refractivity contribution >= 4 is 16.7 Å². The molecule has 1 N–H and O–H groups in total. The van der Waals surface area contributed by atoms with Gasteiger partial charge in [0, 0.05) is 0 Å². The fraction of sp³-hybridized carbons (Fsp3) is 0.214. The summed E-state index contributed by atoms with van der Waals surface area (Å²) >= 11 is 0. The fourth-order valence-electron chi connectivity index (χ4n) is 2.13. The Hall–Kier alpha value is -2.04. The molecule has 0 amide bonds. The second-order valence-electron chi connectivity index (χ2n) is 4.31. The highest BCUT2D eigenvalue weighted by molar-refractivity contribution is 5.91. The molecule has 2 rings (SSSR count). The number of hydrogen-bond donors (Lipinski definition) is 1. The van der Waals surface area contributed by atoms with Crippen molar-refractivity contribution in [2.24, 2.45) is 0 Å². The van der Waals surface area contributed by atoms with E-state index in [1.165, 1.54) is 19.1 Å². The van der Waals surface area contributed by atoms with E-state index < -0.39 is 23.6 Å². The molecule has 19 heavy (non-hydrogen) atoms. The highest BCUT2D eigenvalue weighted by atomic mass is 19.4. The first kappa shape index (κ1) is 13.4. The predicted octanol–water partition coefficient (Wildman–Crippen LogP) is 4.05. The first-order valence-corrected chi connectivity index (χ1v) is 5.64. The molecule has 0 radical (unpaired) electrons. The molecule has 0 aliphatic rings. The molecule has 0 fully saturated rings. The number of benzene rings is 2. The summed E-state index contributed by atoms with van der Waals surface area (Å²) in [7, 11) is 0. The molecule has 2 aromatic carbocycles. The van der Waals surface area contributed by atoms with Gasteiger partial charge >= 0.3 is 12.1 Å². The maximum Gasteiger partial charge on any atom is 0.416 e. The lowest BCUT2D eigenvalue weighted by molar-refractivity contribution is -0.141. The largest absolute Gasteiger partial charge is 0.481 e. The Bertz CT molecular complexity index is 632. The summed E-state index contributed by atoms with van der Waals surface area (Å²) in [5, 5.41) is 9.94. The van der Waals surface area contributed by atoms with Gasteiger partial charge in [-0.2, -0.15) is 13.2 Å². The van der Waals surface area contributed by atoms with Crippen molar-refractivity contribution in [3.8, 4) is 0 Å². The Balaban J connectivity index is 2.83. The minimum atomic E-state index is -4.57. The molecule has 2 aromatic rings. The van der Waals surface area contributed by atoms with Crippen LogP contribution in [0.2, 0.25) is 0 Å². The van der Waals surface area contributed by atoms with Crippen molar-refractivity contribution in [3.05, 3.63) is 47.5 Å². The van der Waals surface area contributed by atoms with Crippen LogP contribution in [0.4, 0.5) is 13.2 Å². The number of halogens is 3.